The molecular formula is C16H14BF7S. The van der Waals surface area contributed by atoms with E-state index in [1.807, 2.05) is 61.5 Å². The number of alkyl halides is 3. The molecule has 2 rings (SSSR count). The van der Waals surface area contributed by atoms with Crippen LogP contribution >= 0.6 is 0 Å². The fourth-order valence-corrected chi connectivity index (χ4v) is 3.73. The third-order valence-electron chi connectivity index (χ3n) is 2.72. The Labute approximate surface area is 143 Å². The van der Waals surface area contributed by atoms with E-state index < -0.39 is 24.3 Å². The highest BCUT2D eigenvalue weighted by molar-refractivity contribution is 7.99. The molecule has 1 unspecified atom stereocenters. The van der Waals surface area contributed by atoms with Crippen molar-refractivity contribution < 1.29 is 30.4 Å². The number of benzene rings is 2. The van der Waals surface area contributed by atoms with Crippen LogP contribution in [0.15, 0.2) is 75.9 Å². The highest BCUT2D eigenvalue weighted by Gasteiger charge is 2.29. The molecule has 1 atom stereocenters. The third kappa shape index (κ3) is 9.23. The van der Waals surface area contributed by atoms with Crippen LogP contribution in [0.1, 0.15) is 5.56 Å². The van der Waals surface area contributed by atoms with Crippen LogP contribution in [-0.4, -0.2) is 13.4 Å². The fraction of sp³-hybridized carbons (Fsp3) is 0.125. The Bertz CT molecular complexity index is 675. The molecule has 9 heteroatoms. The molecule has 0 aromatic heterocycles. The van der Waals surface area contributed by atoms with E-state index in [-0.39, 0.29) is 0 Å². The van der Waals surface area contributed by atoms with Gasteiger partial charge in [0.2, 0.25) is 0 Å². The van der Waals surface area contributed by atoms with Crippen molar-refractivity contribution in [1.82, 2.24) is 0 Å². The summed E-state index contributed by atoms with van der Waals surface area (Å²) < 4.78 is 76.4. The Morgan fingerprint density at radius 1 is 0.840 bits per heavy atom. The van der Waals surface area contributed by atoms with Crippen molar-refractivity contribution in [2.24, 2.45) is 0 Å². The third-order valence-corrected chi connectivity index (χ3v) is 4.84. The van der Waals surface area contributed by atoms with Crippen LogP contribution in [0.4, 0.5) is 30.4 Å². The minimum Gasteiger partial charge on any atom is -0.418 e. The van der Waals surface area contributed by atoms with Gasteiger partial charge in [-0.1, -0.05) is 36.4 Å². The number of halogens is 7. The summed E-state index contributed by atoms with van der Waals surface area (Å²) in [5.41, 5.74) is 0.992. The van der Waals surface area contributed by atoms with Crippen molar-refractivity contribution in [2.45, 2.75) is 22.9 Å². The van der Waals surface area contributed by atoms with Crippen molar-refractivity contribution >= 4 is 18.1 Å². The largest absolute Gasteiger partial charge is 0.673 e. The molecule has 136 valence electrons. The van der Waals surface area contributed by atoms with Crippen LogP contribution in [0.25, 0.3) is 0 Å². The molecule has 0 aliphatic heterocycles. The molecule has 0 bridgehead atoms. The summed E-state index contributed by atoms with van der Waals surface area (Å²) in [6.07, 6.45) is -3.96. The molecule has 0 heterocycles. The van der Waals surface area contributed by atoms with E-state index >= 15 is 0 Å². The van der Waals surface area contributed by atoms with Crippen molar-refractivity contribution in [3.8, 4) is 0 Å². The van der Waals surface area contributed by atoms with E-state index in [4.69, 9.17) is 0 Å². The topological polar surface area (TPSA) is 0 Å². The Morgan fingerprint density at radius 2 is 1.32 bits per heavy atom. The fourth-order valence-electron chi connectivity index (χ4n) is 1.79. The molecule has 0 amide bonds. The second-order valence-electron chi connectivity index (χ2n) is 4.76. The molecule has 0 aliphatic rings. The van der Waals surface area contributed by atoms with Gasteiger partial charge in [0, 0.05) is 5.56 Å². The van der Waals surface area contributed by atoms with Crippen molar-refractivity contribution in [3.05, 3.63) is 71.6 Å². The average Bonchev–Trinajstić information content (AvgIpc) is 2.47. The maximum atomic E-state index is 12.5. The van der Waals surface area contributed by atoms with Gasteiger partial charge in [0.05, 0.1) is 17.0 Å². The van der Waals surface area contributed by atoms with Crippen LogP contribution in [0.2, 0.25) is 0 Å². The summed E-state index contributed by atoms with van der Waals surface area (Å²) >= 11 is 0. The van der Waals surface area contributed by atoms with Gasteiger partial charge in [-0.2, -0.15) is 13.2 Å². The lowest BCUT2D eigenvalue weighted by Crippen LogP contribution is -2.06. The molecule has 0 N–H and O–H groups in total. The first kappa shape index (κ1) is 21.1. The van der Waals surface area contributed by atoms with Gasteiger partial charge in [-0.15, -0.1) is 0 Å². The minimum atomic E-state index is -6.00. The van der Waals surface area contributed by atoms with Crippen LogP contribution in [0, 0.1) is 6.92 Å². The highest BCUT2D eigenvalue weighted by Crippen LogP contribution is 2.29. The standard InChI is InChI=1S/C16H14F3S.BF4/c1-13-7-5-6-10-15(13)20(12-11-16(17,18)19)14-8-3-2-4-9-14;2-1(3,4)5/h2-12H,1H3;/q+1;-1. The Hall–Kier alpha value is -1.90. The first-order valence-electron chi connectivity index (χ1n) is 6.94. The van der Waals surface area contributed by atoms with Gasteiger partial charge in [0.1, 0.15) is 5.41 Å². The lowest BCUT2D eigenvalue weighted by molar-refractivity contribution is -0.0796. The second kappa shape index (κ2) is 8.98. The molecular weight excluding hydrogens is 368 g/mol. The molecule has 0 nitrogen and oxygen atoms in total. The van der Waals surface area contributed by atoms with E-state index in [9.17, 15) is 30.4 Å². The number of rotatable bonds is 3. The average molecular weight is 382 g/mol. The van der Waals surface area contributed by atoms with Gasteiger partial charge in [-0.25, -0.2) is 0 Å². The summed E-state index contributed by atoms with van der Waals surface area (Å²) in [5.74, 6) is 0. The minimum absolute atomic E-state index is 0.329. The molecule has 0 saturated heterocycles. The molecule has 2 aromatic rings. The van der Waals surface area contributed by atoms with Gasteiger partial charge in [0.15, 0.2) is 9.79 Å². The number of hydrogen-bond acceptors (Lipinski definition) is 0. The molecule has 0 aliphatic carbocycles. The molecule has 2 aromatic carbocycles. The normalized spacial score (nSPS) is 13.3. The smallest absolute Gasteiger partial charge is 0.418 e. The molecule has 0 radical (unpaired) electrons. The SMILES string of the molecule is Cc1ccccc1[S+](C=CC(F)(F)F)c1ccccc1.F[B-](F)(F)F. The van der Waals surface area contributed by atoms with E-state index in [1.165, 1.54) is 5.41 Å². The Morgan fingerprint density at radius 3 is 1.80 bits per heavy atom. The Balaban J connectivity index is 0.000000550. The van der Waals surface area contributed by atoms with E-state index in [2.05, 4.69) is 0 Å². The summed E-state index contributed by atoms with van der Waals surface area (Å²) in [5, 5.41) is 1.25. The van der Waals surface area contributed by atoms with Gasteiger partial charge in [0.25, 0.3) is 0 Å². The Kier molecular flexibility index (Phi) is 7.60. The van der Waals surface area contributed by atoms with E-state index in [0.29, 0.717) is 6.08 Å². The lowest BCUT2D eigenvalue weighted by atomic mass is 10.2. The molecule has 25 heavy (non-hydrogen) atoms. The second-order valence-corrected chi connectivity index (χ2v) is 6.61. The summed E-state index contributed by atoms with van der Waals surface area (Å²) in [7, 11) is -6.71. The van der Waals surface area contributed by atoms with Gasteiger partial charge in [-0.05, 0) is 25.1 Å². The lowest BCUT2D eigenvalue weighted by Gasteiger charge is -2.06. The van der Waals surface area contributed by atoms with Crippen LogP contribution in [0.3, 0.4) is 0 Å². The maximum Gasteiger partial charge on any atom is 0.673 e. The zero-order valence-corrected chi connectivity index (χ0v) is 13.8. The van der Waals surface area contributed by atoms with Crippen molar-refractivity contribution in [3.63, 3.8) is 0 Å². The van der Waals surface area contributed by atoms with Gasteiger partial charge < -0.3 is 17.3 Å². The highest BCUT2D eigenvalue weighted by atomic mass is 32.2. The van der Waals surface area contributed by atoms with Gasteiger partial charge in [-0.3, -0.25) is 0 Å². The van der Waals surface area contributed by atoms with Crippen LogP contribution in [-0.2, 0) is 10.9 Å². The number of hydrogen-bond donors (Lipinski definition) is 0. The van der Waals surface area contributed by atoms with E-state index in [0.717, 1.165) is 15.4 Å². The number of aryl methyl sites for hydroxylation is 1. The quantitative estimate of drug-likeness (QED) is 0.327. The first-order valence-corrected chi connectivity index (χ1v) is 8.23. The molecule has 0 saturated carbocycles. The summed E-state index contributed by atoms with van der Waals surface area (Å²) in [4.78, 5) is 1.79. The van der Waals surface area contributed by atoms with Gasteiger partial charge >= 0.3 is 13.4 Å². The zero-order valence-electron chi connectivity index (χ0n) is 13.0. The first-order chi connectivity index (χ1) is 11.5. The van der Waals surface area contributed by atoms with Crippen LogP contribution < -0.4 is 0 Å². The predicted octanol–water partition coefficient (Wildman–Crippen LogP) is 6.41. The predicted molar refractivity (Wildman–Crippen MR) is 86.9 cm³/mol. The monoisotopic (exact) mass is 382 g/mol. The zero-order chi connectivity index (χ0) is 19.1. The summed E-state index contributed by atoms with van der Waals surface area (Å²) in [6, 6.07) is 16.8. The van der Waals surface area contributed by atoms with Crippen molar-refractivity contribution in [2.75, 3.05) is 0 Å². The van der Waals surface area contributed by atoms with E-state index in [1.54, 1.807) is 0 Å². The van der Waals surface area contributed by atoms with Crippen molar-refractivity contribution in [1.29, 1.82) is 0 Å². The van der Waals surface area contributed by atoms with Crippen LogP contribution in [0.5, 0.6) is 0 Å². The molecule has 0 fully saturated rings. The maximum absolute atomic E-state index is 12.5. The summed E-state index contributed by atoms with van der Waals surface area (Å²) in [6.45, 7) is 1.92. The molecule has 0 spiro atoms. The number of allylic oxidation sites excluding steroid dienone is 1.